The molecule has 208 valence electrons. The van der Waals surface area contributed by atoms with Crippen molar-refractivity contribution in [2.24, 2.45) is 0 Å². The molecule has 1 aliphatic heterocycles. The third kappa shape index (κ3) is 6.13. The first kappa shape index (κ1) is 28.7. The van der Waals surface area contributed by atoms with Gasteiger partial charge >= 0.3 is 0 Å². The molecule has 7 nitrogen and oxygen atoms in total. The third-order valence-electron chi connectivity index (χ3n) is 7.42. The highest BCUT2D eigenvalue weighted by atomic mass is 32.2. The molecule has 2 amide bonds. The van der Waals surface area contributed by atoms with Gasteiger partial charge in [-0.3, -0.25) is 9.59 Å². The maximum Gasteiger partial charge on any atom is 0.257 e. The number of thiophene rings is 1. The lowest BCUT2D eigenvalue weighted by Gasteiger charge is -2.30. The van der Waals surface area contributed by atoms with E-state index in [-0.39, 0.29) is 23.8 Å². The molecule has 0 radical (unpaired) electrons. The number of anilines is 1. The quantitative estimate of drug-likeness (QED) is 0.403. The summed E-state index contributed by atoms with van der Waals surface area (Å²) >= 11 is 1.47. The minimum atomic E-state index is -4.05. The number of carbonyl (C=O) groups is 2. The number of piperidine rings is 1. The highest BCUT2D eigenvalue weighted by molar-refractivity contribution is 7.89. The number of benzene rings is 1. The molecule has 38 heavy (non-hydrogen) atoms. The Morgan fingerprint density at radius 2 is 1.68 bits per heavy atom. The average molecular weight is 564 g/mol. The molecule has 1 aliphatic carbocycles. The second-order valence-corrected chi connectivity index (χ2v) is 13.1. The number of rotatable bonds is 9. The zero-order chi connectivity index (χ0) is 27.3. The number of nitrogens with zero attached hydrogens (tertiary/aromatic N) is 2. The van der Waals surface area contributed by atoms with Gasteiger partial charge in [-0.2, -0.15) is 4.31 Å². The summed E-state index contributed by atoms with van der Waals surface area (Å²) in [6.07, 6.45) is 8.71. The van der Waals surface area contributed by atoms with E-state index in [1.807, 2.05) is 11.8 Å². The standard InChI is InChI=1S/C28H38FN3O4S2/c1-3-17-32(38(35,36)21-15-13-20(29)14-16-21)23(4-2)26(33)30-27-25(28(34)31-18-9-6-10-19-31)22-11-7-5-8-12-24(22)37-27/h13-16,23H,3-12,17-19H2,1-2H3,(H,30,33)/t23-/m1/s1. The Morgan fingerprint density at radius 1 is 1.03 bits per heavy atom. The van der Waals surface area contributed by atoms with Crippen molar-refractivity contribution in [2.75, 3.05) is 25.0 Å². The molecule has 1 atom stereocenters. The van der Waals surface area contributed by atoms with Crippen molar-refractivity contribution in [3.8, 4) is 0 Å². The van der Waals surface area contributed by atoms with Crippen LogP contribution < -0.4 is 5.32 Å². The Bertz CT molecular complexity index is 1240. The smallest absolute Gasteiger partial charge is 0.257 e. The molecule has 0 spiro atoms. The maximum atomic E-state index is 13.7. The van der Waals surface area contributed by atoms with Crippen molar-refractivity contribution in [1.82, 2.24) is 9.21 Å². The topological polar surface area (TPSA) is 86.8 Å². The van der Waals surface area contributed by atoms with Crippen LogP contribution in [0.5, 0.6) is 0 Å². The zero-order valence-electron chi connectivity index (χ0n) is 22.3. The van der Waals surface area contributed by atoms with Gasteiger partial charge < -0.3 is 10.2 Å². The van der Waals surface area contributed by atoms with Gasteiger partial charge in [0, 0.05) is 24.5 Å². The Labute approximate surface area is 229 Å². The summed E-state index contributed by atoms with van der Waals surface area (Å²) in [6, 6.07) is 3.70. The number of amides is 2. The SMILES string of the molecule is CCCN([C@H](CC)C(=O)Nc1sc2c(c1C(=O)N1CCCCC1)CCCCC2)S(=O)(=O)c1ccc(F)cc1. The van der Waals surface area contributed by atoms with E-state index in [0.717, 1.165) is 73.9 Å². The van der Waals surface area contributed by atoms with Gasteiger partial charge in [0.1, 0.15) is 16.9 Å². The van der Waals surface area contributed by atoms with Gasteiger partial charge in [0.15, 0.2) is 0 Å². The van der Waals surface area contributed by atoms with Gasteiger partial charge in [-0.15, -0.1) is 11.3 Å². The molecule has 1 aromatic carbocycles. The summed E-state index contributed by atoms with van der Waals surface area (Å²) < 4.78 is 41.8. The summed E-state index contributed by atoms with van der Waals surface area (Å²) in [6.45, 7) is 5.20. The third-order valence-corrected chi connectivity index (χ3v) is 10.5. The van der Waals surface area contributed by atoms with E-state index in [1.165, 1.54) is 27.8 Å². The lowest BCUT2D eigenvalue weighted by atomic mass is 10.0. The van der Waals surface area contributed by atoms with Crippen molar-refractivity contribution in [3.63, 3.8) is 0 Å². The number of carbonyl (C=O) groups excluding carboxylic acids is 2. The minimum absolute atomic E-state index is 0.0307. The summed E-state index contributed by atoms with van der Waals surface area (Å²) in [5.74, 6) is -1.01. The molecule has 4 rings (SSSR count). The Kier molecular flexibility index (Phi) is 9.59. The highest BCUT2D eigenvalue weighted by Crippen LogP contribution is 2.39. The molecule has 2 aliphatic rings. The van der Waals surface area contributed by atoms with Crippen LogP contribution in [0, 0.1) is 5.82 Å². The monoisotopic (exact) mass is 563 g/mol. The number of sulfonamides is 1. The van der Waals surface area contributed by atoms with Crippen LogP contribution in [0.3, 0.4) is 0 Å². The molecule has 0 unspecified atom stereocenters. The maximum absolute atomic E-state index is 13.7. The fourth-order valence-electron chi connectivity index (χ4n) is 5.43. The van der Waals surface area contributed by atoms with Crippen LogP contribution in [0.1, 0.15) is 86.0 Å². The highest BCUT2D eigenvalue weighted by Gasteiger charge is 2.36. The number of aryl methyl sites for hydroxylation is 1. The second kappa shape index (κ2) is 12.7. The van der Waals surface area contributed by atoms with Gasteiger partial charge in [-0.1, -0.05) is 20.3 Å². The van der Waals surface area contributed by atoms with E-state index in [1.54, 1.807) is 6.92 Å². The first-order chi connectivity index (χ1) is 18.3. The first-order valence-corrected chi connectivity index (χ1v) is 16.1. The van der Waals surface area contributed by atoms with E-state index >= 15 is 0 Å². The van der Waals surface area contributed by atoms with Gasteiger partial charge in [0.05, 0.1) is 10.5 Å². The minimum Gasteiger partial charge on any atom is -0.339 e. The lowest BCUT2D eigenvalue weighted by molar-refractivity contribution is -0.119. The van der Waals surface area contributed by atoms with E-state index in [2.05, 4.69) is 5.32 Å². The molecule has 0 bridgehead atoms. The summed E-state index contributed by atoms with van der Waals surface area (Å²) in [4.78, 5) is 30.5. The van der Waals surface area contributed by atoms with Crippen LogP contribution in [0.4, 0.5) is 9.39 Å². The molecule has 1 fully saturated rings. The number of halogens is 1. The van der Waals surface area contributed by atoms with Crippen molar-refractivity contribution in [1.29, 1.82) is 0 Å². The predicted molar refractivity (Wildman–Crippen MR) is 149 cm³/mol. The number of nitrogens with one attached hydrogen (secondary N) is 1. The summed E-state index contributed by atoms with van der Waals surface area (Å²) in [5.41, 5.74) is 1.65. The molecule has 1 saturated heterocycles. The Balaban J connectivity index is 1.66. The zero-order valence-corrected chi connectivity index (χ0v) is 23.9. The van der Waals surface area contributed by atoms with Gasteiger partial charge in [-0.05, 0) is 87.6 Å². The van der Waals surface area contributed by atoms with E-state index in [4.69, 9.17) is 0 Å². The van der Waals surface area contributed by atoms with Gasteiger partial charge in [0.25, 0.3) is 5.91 Å². The summed E-state index contributed by atoms with van der Waals surface area (Å²) in [7, 11) is -4.05. The van der Waals surface area contributed by atoms with Gasteiger partial charge in [-0.25, -0.2) is 12.8 Å². The normalized spacial score (nSPS) is 17.1. The van der Waals surface area contributed by atoms with Crippen LogP contribution >= 0.6 is 11.3 Å². The number of likely N-dealkylation sites (tertiary alicyclic amines) is 1. The largest absolute Gasteiger partial charge is 0.339 e. The van der Waals surface area contributed by atoms with Crippen LogP contribution in [0.2, 0.25) is 0 Å². The van der Waals surface area contributed by atoms with Crippen LogP contribution in [0.15, 0.2) is 29.2 Å². The Morgan fingerprint density at radius 3 is 2.34 bits per heavy atom. The van der Waals surface area contributed by atoms with E-state index < -0.39 is 27.8 Å². The predicted octanol–water partition coefficient (Wildman–Crippen LogP) is 5.60. The van der Waals surface area contributed by atoms with Crippen LogP contribution in [0.25, 0.3) is 0 Å². The molecular formula is C28H38FN3O4S2. The molecule has 2 aromatic rings. The van der Waals surface area contributed by atoms with E-state index in [9.17, 15) is 22.4 Å². The number of hydrogen-bond donors (Lipinski definition) is 1. The lowest BCUT2D eigenvalue weighted by Crippen LogP contribution is -2.47. The average Bonchev–Trinajstić information content (AvgIpc) is 3.08. The Hall–Kier alpha value is -2.30. The molecular weight excluding hydrogens is 525 g/mol. The molecule has 0 saturated carbocycles. The fourth-order valence-corrected chi connectivity index (χ4v) is 8.47. The summed E-state index contributed by atoms with van der Waals surface area (Å²) in [5, 5.41) is 3.53. The molecule has 2 heterocycles. The second-order valence-electron chi connectivity index (χ2n) is 10.1. The van der Waals surface area contributed by atoms with Crippen LogP contribution in [-0.4, -0.2) is 55.1 Å². The van der Waals surface area contributed by atoms with Crippen LogP contribution in [-0.2, 0) is 27.7 Å². The van der Waals surface area contributed by atoms with Gasteiger partial charge in [0.2, 0.25) is 15.9 Å². The van der Waals surface area contributed by atoms with E-state index in [0.29, 0.717) is 30.1 Å². The first-order valence-electron chi connectivity index (χ1n) is 13.8. The number of hydrogen-bond acceptors (Lipinski definition) is 5. The number of fused-ring (bicyclic) bond motifs is 1. The van der Waals surface area contributed by atoms with Crippen molar-refractivity contribution >= 4 is 38.2 Å². The fraction of sp³-hybridized carbons (Fsp3) is 0.571. The van der Waals surface area contributed by atoms with Crippen molar-refractivity contribution < 1.29 is 22.4 Å². The van der Waals surface area contributed by atoms with Crippen molar-refractivity contribution in [3.05, 3.63) is 46.1 Å². The molecule has 1 aromatic heterocycles. The molecule has 10 heteroatoms. The molecule has 1 N–H and O–H groups in total. The van der Waals surface area contributed by atoms with Crippen molar-refractivity contribution in [2.45, 2.75) is 89.0 Å².